The minimum Gasteiger partial charge on any atom is -0.354 e. The van der Waals surface area contributed by atoms with Crippen molar-refractivity contribution in [3.05, 3.63) is 0 Å². The highest BCUT2D eigenvalue weighted by Gasteiger charge is 2.35. The van der Waals surface area contributed by atoms with Crippen molar-refractivity contribution in [3.8, 4) is 0 Å². The van der Waals surface area contributed by atoms with Crippen molar-refractivity contribution in [2.24, 2.45) is 5.92 Å². The van der Waals surface area contributed by atoms with E-state index in [0.29, 0.717) is 19.1 Å². The molecule has 0 aromatic carbocycles. The number of amides is 2. The summed E-state index contributed by atoms with van der Waals surface area (Å²) < 4.78 is 0. The lowest BCUT2D eigenvalue weighted by Crippen LogP contribution is -2.42. The van der Waals surface area contributed by atoms with Crippen molar-refractivity contribution in [2.45, 2.75) is 44.2 Å². The molecule has 3 fully saturated rings. The summed E-state index contributed by atoms with van der Waals surface area (Å²) in [6, 6.07) is 0.602. The maximum atomic E-state index is 12.0. The molecule has 1 saturated heterocycles. The van der Waals surface area contributed by atoms with E-state index in [2.05, 4.69) is 10.6 Å². The molecular formula is C13H21N3O2. The topological polar surface area (TPSA) is 61.4 Å². The number of hydrogen-bond acceptors (Lipinski definition) is 3. The highest BCUT2D eigenvalue weighted by molar-refractivity contribution is 5.84. The van der Waals surface area contributed by atoms with Gasteiger partial charge in [0, 0.05) is 31.6 Å². The Bertz CT molecular complexity index is 350. The van der Waals surface area contributed by atoms with Crippen molar-refractivity contribution in [1.82, 2.24) is 15.5 Å². The van der Waals surface area contributed by atoms with Gasteiger partial charge in [-0.15, -0.1) is 0 Å². The molecule has 3 rings (SSSR count). The van der Waals surface area contributed by atoms with E-state index in [-0.39, 0.29) is 23.8 Å². The van der Waals surface area contributed by atoms with Crippen molar-refractivity contribution in [3.63, 3.8) is 0 Å². The minimum absolute atomic E-state index is 0.0247. The van der Waals surface area contributed by atoms with Crippen LogP contribution in [0.15, 0.2) is 0 Å². The van der Waals surface area contributed by atoms with Gasteiger partial charge in [-0.1, -0.05) is 0 Å². The van der Waals surface area contributed by atoms with Crippen LogP contribution in [0.3, 0.4) is 0 Å². The summed E-state index contributed by atoms with van der Waals surface area (Å²) in [6.45, 7) is 2.07. The van der Waals surface area contributed by atoms with E-state index in [9.17, 15) is 9.59 Å². The normalized spacial score (nSPS) is 27.7. The Hall–Kier alpha value is -1.10. The Morgan fingerprint density at radius 2 is 2.00 bits per heavy atom. The molecule has 5 heteroatoms. The summed E-state index contributed by atoms with van der Waals surface area (Å²) >= 11 is 0. The van der Waals surface area contributed by atoms with Gasteiger partial charge in [0.25, 0.3) is 0 Å². The van der Waals surface area contributed by atoms with Gasteiger partial charge in [-0.05, 0) is 32.1 Å². The summed E-state index contributed by atoms with van der Waals surface area (Å²) in [4.78, 5) is 25.4. The van der Waals surface area contributed by atoms with Crippen LogP contribution in [-0.4, -0.2) is 48.4 Å². The summed E-state index contributed by atoms with van der Waals surface area (Å²) in [7, 11) is 0. The molecule has 1 heterocycles. The average Bonchev–Trinajstić information content (AvgIpc) is 3.25. The maximum Gasteiger partial charge on any atom is 0.239 e. The van der Waals surface area contributed by atoms with E-state index in [0.717, 1.165) is 25.8 Å². The number of nitrogens with zero attached hydrogens (tertiary/aromatic N) is 1. The zero-order valence-electron chi connectivity index (χ0n) is 10.7. The van der Waals surface area contributed by atoms with Crippen molar-refractivity contribution in [2.75, 3.05) is 19.6 Å². The maximum absolute atomic E-state index is 12.0. The quantitative estimate of drug-likeness (QED) is 0.691. The van der Waals surface area contributed by atoms with Crippen LogP contribution >= 0.6 is 0 Å². The van der Waals surface area contributed by atoms with Gasteiger partial charge in [0.2, 0.25) is 11.8 Å². The van der Waals surface area contributed by atoms with Gasteiger partial charge < -0.3 is 15.5 Å². The number of rotatable bonds is 6. The van der Waals surface area contributed by atoms with E-state index in [1.165, 1.54) is 12.8 Å². The van der Waals surface area contributed by atoms with Crippen LogP contribution in [0.2, 0.25) is 0 Å². The van der Waals surface area contributed by atoms with E-state index < -0.39 is 0 Å². The summed E-state index contributed by atoms with van der Waals surface area (Å²) in [5.41, 5.74) is 0. The molecule has 18 heavy (non-hydrogen) atoms. The molecule has 2 amide bonds. The number of carbonyl (C=O) groups is 2. The lowest BCUT2D eigenvalue weighted by atomic mass is 10.2. The molecule has 1 atom stereocenters. The van der Waals surface area contributed by atoms with Gasteiger partial charge in [-0.25, -0.2) is 0 Å². The molecule has 2 saturated carbocycles. The lowest BCUT2D eigenvalue weighted by Gasteiger charge is -2.17. The predicted octanol–water partition coefficient (Wildman–Crippen LogP) is -0.134. The molecule has 2 N–H and O–H groups in total. The molecule has 0 aromatic heterocycles. The third-order valence-corrected chi connectivity index (χ3v) is 3.94. The van der Waals surface area contributed by atoms with E-state index in [1.807, 2.05) is 4.90 Å². The monoisotopic (exact) mass is 251 g/mol. The third kappa shape index (κ3) is 2.83. The van der Waals surface area contributed by atoms with Crippen LogP contribution in [0.4, 0.5) is 0 Å². The second-order valence-corrected chi connectivity index (χ2v) is 5.67. The van der Waals surface area contributed by atoms with E-state index in [4.69, 9.17) is 0 Å². The Morgan fingerprint density at radius 3 is 2.67 bits per heavy atom. The Labute approximate surface area is 107 Å². The van der Waals surface area contributed by atoms with Crippen LogP contribution in [0, 0.1) is 5.92 Å². The third-order valence-electron chi connectivity index (χ3n) is 3.94. The highest BCUT2D eigenvalue weighted by atomic mass is 16.2. The second-order valence-electron chi connectivity index (χ2n) is 5.67. The first-order valence-corrected chi connectivity index (χ1v) is 7.06. The summed E-state index contributed by atoms with van der Waals surface area (Å²) in [6.07, 6.45) is 5.39. The SMILES string of the molecule is O=C(NCCN1CCC(NC2CC2)C1=O)C1CC1. The van der Waals surface area contributed by atoms with Crippen LogP contribution in [0.5, 0.6) is 0 Å². The van der Waals surface area contributed by atoms with E-state index >= 15 is 0 Å². The fraction of sp³-hybridized carbons (Fsp3) is 0.846. The lowest BCUT2D eigenvalue weighted by molar-refractivity contribution is -0.130. The summed E-state index contributed by atoms with van der Waals surface area (Å²) in [5.74, 6) is 0.625. The predicted molar refractivity (Wildman–Crippen MR) is 66.9 cm³/mol. The van der Waals surface area contributed by atoms with Crippen LogP contribution in [-0.2, 0) is 9.59 Å². The van der Waals surface area contributed by atoms with Crippen LogP contribution in [0.1, 0.15) is 32.1 Å². The van der Waals surface area contributed by atoms with Gasteiger partial charge in [-0.2, -0.15) is 0 Å². The molecule has 100 valence electrons. The zero-order chi connectivity index (χ0) is 12.5. The number of carbonyl (C=O) groups excluding carboxylic acids is 2. The smallest absolute Gasteiger partial charge is 0.239 e. The fourth-order valence-corrected chi connectivity index (χ4v) is 2.45. The fourth-order valence-electron chi connectivity index (χ4n) is 2.45. The van der Waals surface area contributed by atoms with Crippen LogP contribution in [0.25, 0.3) is 0 Å². The molecule has 1 aliphatic heterocycles. The first-order valence-electron chi connectivity index (χ1n) is 7.06. The summed E-state index contributed by atoms with van der Waals surface area (Å²) in [5, 5.41) is 6.29. The van der Waals surface area contributed by atoms with Crippen LogP contribution < -0.4 is 10.6 Å². The number of nitrogens with one attached hydrogen (secondary N) is 2. The van der Waals surface area contributed by atoms with Crippen molar-refractivity contribution in [1.29, 1.82) is 0 Å². The van der Waals surface area contributed by atoms with Gasteiger partial charge in [0.1, 0.15) is 0 Å². The highest BCUT2D eigenvalue weighted by Crippen LogP contribution is 2.28. The van der Waals surface area contributed by atoms with Crippen molar-refractivity contribution >= 4 is 11.8 Å². The molecule has 2 aliphatic carbocycles. The first kappa shape index (κ1) is 12.0. The molecule has 0 bridgehead atoms. The van der Waals surface area contributed by atoms with E-state index in [1.54, 1.807) is 0 Å². The van der Waals surface area contributed by atoms with Gasteiger partial charge in [0.05, 0.1) is 6.04 Å². The first-order chi connectivity index (χ1) is 8.74. The molecular weight excluding hydrogens is 230 g/mol. The standard InChI is InChI=1S/C13H21N3O2/c17-12(9-1-2-9)14-6-8-16-7-5-11(13(16)18)15-10-3-4-10/h9-11,15H,1-8H2,(H,14,17). The van der Waals surface area contributed by atoms with Gasteiger partial charge >= 0.3 is 0 Å². The van der Waals surface area contributed by atoms with Gasteiger partial charge in [0.15, 0.2) is 0 Å². The molecule has 1 unspecified atom stereocenters. The van der Waals surface area contributed by atoms with Gasteiger partial charge in [-0.3, -0.25) is 9.59 Å². The van der Waals surface area contributed by atoms with Crippen molar-refractivity contribution < 1.29 is 9.59 Å². The Morgan fingerprint density at radius 1 is 1.22 bits per heavy atom. The minimum atomic E-state index is 0.0247. The second kappa shape index (κ2) is 4.88. The zero-order valence-corrected chi connectivity index (χ0v) is 10.7. The largest absolute Gasteiger partial charge is 0.354 e. The average molecular weight is 251 g/mol. The number of likely N-dealkylation sites (tertiary alicyclic amines) is 1. The molecule has 0 spiro atoms. The molecule has 3 aliphatic rings. The molecule has 0 aromatic rings. The Balaban J connectivity index is 1.37. The number of hydrogen-bond donors (Lipinski definition) is 2. The molecule has 5 nitrogen and oxygen atoms in total. The Kier molecular flexibility index (Phi) is 3.24. The molecule has 0 radical (unpaired) electrons.